The van der Waals surface area contributed by atoms with Crippen LogP contribution in [-0.4, -0.2) is 50.2 Å². The molecule has 0 amide bonds. The average molecular weight is 323 g/mol. The molecule has 5 heterocycles. The third-order valence-electron chi connectivity index (χ3n) is 4.64. The summed E-state index contributed by atoms with van der Waals surface area (Å²) in [6, 6.07) is 6.09. The first-order valence-corrected chi connectivity index (χ1v) is 8.02. The number of nitrogens with two attached hydrogens (primary N) is 1. The largest absolute Gasteiger partial charge is 0.461 e. The lowest BCUT2D eigenvalue weighted by molar-refractivity contribution is 0.270. The quantitative estimate of drug-likeness (QED) is 0.762. The van der Waals surface area contributed by atoms with Gasteiger partial charge in [0, 0.05) is 31.7 Å². The first kappa shape index (κ1) is 13.4. The molecular formula is C16H17N7O. The van der Waals surface area contributed by atoms with Crippen molar-refractivity contribution in [1.82, 2.24) is 24.5 Å². The summed E-state index contributed by atoms with van der Waals surface area (Å²) in [7, 11) is 0. The van der Waals surface area contributed by atoms with E-state index in [4.69, 9.17) is 10.2 Å². The van der Waals surface area contributed by atoms with E-state index < -0.39 is 0 Å². The highest BCUT2D eigenvalue weighted by molar-refractivity contribution is 5.59. The van der Waals surface area contributed by atoms with Crippen molar-refractivity contribution in [3.05, 3.63) is 36.7 Å². The fourth-order valence-corrected chi connectivity index (χ4v) is 3.41. The van der Waals surface area contributed by atoms with E-state index in [0.29, 0.717) is 29.2 Å². The van der Waals surface area contributed by atoms with Crippen molar-refractivity contribution in [2.24, 2.45) is 0 Å². The van der Waals surface area contributed by atoms with E-state index in [-0.39, 0.29) is 0 Å². The average Bonchev–Trinajstić information content (AvgIpc) is 3.32. The van der Waals surface area contributed by atoms with Crippen LogP contribution >= 0.6 is 0 Å². The van der Waals surface area contributed by atoms with Crippen LogP contribution < -0.4 is 10.6 Å². The summed E-state index contributed by atoms with van der Waals surface area (Å²) in [5.74, 6) is 2.31. The van der Waals surface area contributed by atoms with Gasteiger partial charge in [0.2, 0.25) is 11.8 Å². The molecule has 2 aliphatic heterocycles. The molecular weight excluding hydrogens is 306 g/mol. The minimum atomic E-state index is 0.333. The maximum atomic E-state index is 6.11. The van der Waals surface area contributed by atoms with E-state index in [2.05, 4.69) is 37.1 Å². The monoisotopic (exact) mass is 323 g/mol. The van der Waals surface area contributed by atoms with Gasteiger partial charge >= 0.3 is 0 Å². The molecule has 1 atom stereocenters. The lowest BCUT2D eigenvalue weighted by atomic mass is 10.1. The predicted molar refractivity (Wildman–Crippen MR) is 89.4 cm³/mol. The standard InChI is InChI=1S/C16H17N7O/c17-16-19-13(22-7-6-21-5-1-3-11(21)10-22)9-14-18-15(20-23(14)16)12-4-2-8-24-12/h1-2,4-5,8-9,11H,3,6-7,10H2,(H2,17,19)/t11-/m1/s1. The predicted octanol–water partition coefficient (Wildman–Crippen LogP) is 1.37. The van der Waals surface area contributed by atoms with Crippen molar-refractivity contribution >= 4 is 17.4 Å². The van der Waals surface area contributed by atoms with Crippen LogP contribution in [0.15, 0.2) is 41.2 Å². The highest BCUT2D eigenvalue weighted by Gasteiger charge is 2.28. The third kappa shape index (κ3) is 2.03. The summed E-state index contributed by atoms with van der Waals surface area (Å²) >= 11 is 0. The summed E-state index contributed by atoms with van der Waals surface area (Å²) in [6.45, 7) is 2.86. The van der Waals surface area contributed by atoms with Crippen LogP contribution in [0.1, 0.15) is 6.42 Å². The number of fused-ring (bicyclic) bond motifs is 2. The minimum absolute atomic E-state index is 0.333. The first-order valence-electron chi connectivity index (χ1n) is 8.02. The summed E-state index contributed by atoms with van der Waals surface area (Å²) in [6.07, 6.45) is 7.11. The number of nitrogen functional groups attached to an aromatic ring is 1. The molecule has 0 aromatic carbocycles. The molecule has 1 fully saturated rings. The Hall–Kier alpha value is -3.03. The first-order chi connectivity index (χ1) is 11.8. The van der Waals surface area contributed by atoms with Crippen molar-refractivity contribution in [3.63, 3.8) is 0 Å². The number of rotatable bonds is 2. The second-order valence-electron chi connectivity index (χ2n) is 6.11. The molecule has 8 nitrogen and oxygen atoms in total. The molecule has 1 saturated heterocycles. The van der Waals surface area contributed by atoms with Gasteiger partial charge in [-0.15, -0.1) is 5.10 Å². The Kier molecular flexibility index (Phi) is 2.79. The van der Waals surface area contributed by atoms with Crippen molar-refractivity contribution < 1.29 is 4.42 Å². The molecule has 0 unspecified atom stereocenters. The highest BCUT2D eigenvalue weighted by Crippen LogP contribution is 2.25. The van der Waals surface area contributed by atoms with Gasteiger partial charge in [-0.25, -0.2) is 4.98 Å². The third-order valence-corrected chi connectivity index (χ3v) is 4.64. The van der Waals surface area contributed by atoms with E-state index in [9.17, 15) is 0 Å². The molecule has 0 bridgehead atoms. The Morgan fingerprint density at radius 2 is 2.21 bits per heavy atom. The number of piperazine rings is 1. The molecule has 0 radical (unpaired) electrons. The van der Waals surface area contributed by atoms with Gasteiger partial charge < -0.3 is 20.0 Å². The van der Waals surface area contributed by atoms with Crippen LogP contribution in [0.4, 0.5) is 11.8 Å². The Balaban J connectivity index is 1.51. The van der Waals surface area contributed by atoms with Crippen LogP contribution in [0.5, 0.6) is 0 Å². The molecule has 122 valence electrons. The molecule has 24 heavy (non-hydrogen) atoms. The molecule has 8 heteroatoms. The molecule has 2 aliphatic rings. The van der Waals surface area contributed by atoms with Gasteiger partial charge in [0.1, 0.15) is 5.82 Å². The Bertz CT molecular complexity index is 914. The highest BCUT2D eigenvalue weighted by atomic mass is 16.3. The van der Waals surface area contributed by atoms with E-state index >= 15 is 0 Å². The van der Waals surface area contributed by atoms with Gasteiger partial charge in [-0.1, -0.05) is 6.08 Å². The van der Waals surface area contributed by atoms with E-state index in [0.717, 1.165) is 31.9 Å². The number of nitrogens with zero attached hydrogens (tertiary/aromatic N) is 6. The molecule has 2 N–H and O–H groups in total. The summed E-state index contributed by atoms with van der Waals surface area (Å²) in [5.41, 5.74) is 6.78. The number of hydrogen-bond acceptors (Lipinski definition) is 7. The van der Waals surface area contributed by atoms with Crippen LogP contribution in [0.25, 0.3) is 17.2 Å². The maximum Gasteiger partial charge on any atom is 0.225 e. The number of anilines is 2. The number of furan rings is 1. The van der Waals surface area contributed by atoms with Crippen LogP contribution in [0, 0.1) is 0 Å². The molecule has 3 aromatic rings. The van der Waals surface area contributed by atoms with Crippen LogP contribution in [0.3, 0.4) is 0 Å². The molecule has 0 aliphatic carbocycles. The summed E-state index contributed by atoms with van der Waals surface area (Å²) in [5, 5.41) is 4.38. The van der Waals surface area contributed by atoms with Gasteiger partial charge in [-0.2, -0.15) is 9.50 Å². The zero-order chi connectivity index (χ0) is 16.1. The fourth-order valence-electron chi connectivity index (χ4n) is 3.41. The number of hydrogen-bond donors (Lipinski definition) is 1. The van der Waals surface area contributed by atoms with Crippen molar-refractivity contribution in [3.8, 4) is 11.6 Å². The lowest BCUT2D eigenvalue weighted by Gasteiger charge is -2.38. The van der Waals surface area contributed by atoms with Gasteiger partial charge in [-0.05, 0) is 24.8 Å². The Morgan fingerprint density at radius 1 is 1.25 bits per heavy atom. The molecule has 0 spiro atoms. The topological polar surface area (TPSA) is 88.7 Å². The van der Waals surface area contributed by atoms with Gasteiger partial charge in [0.15, 0.2) is 11.4 Å². The van der Waals surface area contributed by atoms with Crippen molar-refractivity contribution in [2.75, 3.05) is 30.3 Å². The normalized spacial score (nSPS) is 20.1. The van der Waals surface area contributed by atoms with E-state index in [1.807, 2.05) is 18.2 Å². The second-order valence-corrected chi connectivity index (χ2v) is 6.11. The maximum absolute atomic E-state index is 6.11. The summed E-state index contributed by atoms with van der Waals surface area (Å²) < 4.78 is 6.91. The van der Waals surface area contributed by atoms with E-state index in [1.54, 1.807) is 10.8 Å². The zero-order valence-electron chi connectivity index (χ0n) is 13.0. The van der Waals surface area contributed by atoms with Gasteiger partial charge in [-0.3, -0.25) is 0 Å². The SMILES string of the molecule is Nc1nc(N2CCN3C=CC[C@@H]3C2)cc2nc(-c3ccco3)nn12. The summed E-state index contributed by atoms with van der Waals surface area (Å²) in [4.78, 5) is 13.7. The van der Waals surface area contributed by atoms with E-state index in [1.165, 1.54) is 0 Å². The molecule has 3 aromatic heterocycles. The van der Waals surface area contributed by atoms with Gasteiger partial charge in [0.05, 0.1) is 6.26 Å². The van der Waals surface area contributed by atoms with Crippen molar-refractivity contribution in [1.29, 1.82) is 0 Å². The van der Waals surface area contributed by atoms with Gasteiger partial charge in [0.25, 0.3) is 0 Å². The lowest BCUT2D eigenvalue weighted by Crippen LogP contribution is -2.49. The molecule has 0 saturated carbocycles. The Labute approximate surface area is 138 Å². The minimum Gasteiger partial charge on any atom is -0.461 e. The van der Waals surface area contributed by atoms with Crippen LogP contribution in [0.2, 0.25) is 0 Å². The second kappa shape index (κ2) is 4.98. The zero-order valence-corrected chi connectivity index (χ0v) is 13.0. The Morgan fingerprint density at radius 3 is 3.08 bits per heavy atom. The van der Waals surface area contributed by atoms with Crippen molar-refractivity contribution in [2.45, 2.75) is 12.5 Å². The van der Waals surface area contributed by atoms with Crippen LogP contribution in [-0.2, 0) is 0 Å². The molecule has 5 rings (SSSR count). The number of aromatic nitrogens is 4. The smallest absolute Gasteiger partial charge is 0.225 e. The fraction of sp³-hybridized carbons (Fsp3) is 0.312.